The second-order valence-corrected chi connectivity index (χ2v) is 4.42. The van der Waals surface area contributed by atoms with Gasteiger partial charge < -0.3 is 10.2 Å². The van der Waals surface area contributed by atoms with Crippen molar-refractivity contribution in [1.29, 1.82) is 0 Å². The van der Waals surface area contributed by atoms with Crippen molar-refractivity contribution in [2.45, 2.75) is 25.0 Å². The van der Waals surface area contributed by atoms with E-state index < -0.39 is 0 Å². The number of aliphatic hydroxyl groups excluding tert-OH is 2. The van der Waals surface area contributed by atoms with Gasteiger partial charge in [0, 0.05) is 11.8 Å². The monoisotopic (exact) mass is 166 g/mol. The van der Waals surface area contributed by atoms with Gasteiger partial charge in [0.2, 0.25) is 0 Å². The predicted molar refractivity (Wildman–Crippen MR) is 44.3 cm³/mol. The van der Waals surface area contributed by atoms with Crippen LogP contribution >= 0.6 is 0 Å². The van der Waals surface area contributed by atoms with Gasteiger partial charge in [0.25, 0.3) is 0 Å². The Hall–Kier alpha value is -0.340. The summed E-state index contributed by atoms with van der Waals surface area (Å²) in [6.07, 6.45) is 5.96. The molecule has 2 saturated carbocycles. The summed E-state index contributed by atoms with van der Waals surface area (Å²) in [5.74, 6) is 1.56. The Morgan fingerprint density at radius 3 is 2.50 bits per heavy atom. The van der Waals surface area contributed by atoms with E-state index >= 15 is 0 Å². The molecule has 0 heterocycles. The summed E-state index contributed by atoms with van der Waals surface area (Å²) in [7, 11) is 0. The first kappa shape index (κ1) is 7.10. The van der Waals surface area contributed by atoms with E-state index in [4.69, 9.17) is 0 Å². The first-order valence-corrected chi connectivity index (χ1v) is 4.83. The van der Waals surface area contributed by atoms with E-state index in [2.05, 4.69) is 12.2 Å². The molecule has 0 aromatic carbocycles. The Morgan fingerprint density at radius 1 is 1.00 bits per heavy atom. The van der Waals surface area contributed by atoms with Gasteiger partial charge in [-0.2, -0.15) is 0 Å². The molecule has 2 bridgehead atoms. The lowest BCUT2D eigenvalue weighted by atomic mass is 9.85. The van der Waals surface area contributed by atoms with Crippen LogP contribution in [0.1, 0.15) is 12.8 Å². The largest absolute Gasteiger partial charge is 0.393 e. The van der Waals surface area contributed by atoms with Crippen LogP contribution in [0.4, 0.5) is 0 Å². The Bertz CT molecular complexity index is 236. The van der Waals surface area contributed by atoms with Crippen LogP contribution in [0.15, 0.2) is 12.2 Å². The first-order chi connectivity index (χ1) is 5.79. The molecule has 2 heteroatoms. The number of fused-ring (bicyclic) bond motifs is 5. The highest BCUT2D eigenvalue weighted by atomic mass is 16.3. The summed E-state index contributed by atoms with van der Waals surface area (Å²) in [5.41, 5.74) is 0. The van der Waals surface area contributed by atoms with Crippen LogP contribution in [0.3, 0.4) is 0 Å². The van der Waals surface area contributed by atoms with Crippen LogP contribution < -0.4 is 0 Å². The molecule has 3 aliphatic carbocycles. The van der Waals surface area contributed by atoms with E-state index in [1.807, 2.05) is 0 Å². The van der Waals surface area contributed by atoms with Crippen molar-refractivity contribution in [3.63, 3.8) is 0 Å². The van der Waals surface area contributed by atoms with Crippen molar-refractivity contribution < 1.29 is 10.2 Å². The van der Waals surface area contributed by atoms with Gasteiger partial charge >= 0.3 is 0 Å². The maximum atomic E-state index is 9.78. The number of hydrogen-bond donors (Lipinski definition) is 2. The smallest absolute Gasteiger partial charge is 0.0671 e. The number of rotatable bonds is 0. The average Bonchev–Trinajstić information content (AvgIpc) is 2.66. The van der Waals surface area contributed by atoms with Crippen molar-refractivity contribution in [1.82, 2.24) is 0 Å². The van der Waals surface area contributed by atoms with Gasteiger partial charge in [0.15, 0.2) is 0 Å². The molecule has 2 fully saturated rings. The van der Waals surface area contributed by atoms with E-state index in [-0.39, 0.29) is 18.1 Å². The minimum Gasteiger partial charge on any atom is -0.393 e. The maximum Gasteiger partial charge on any atom is 0.0671 e. The van der Waals surface area contributed by atoms with Crippen LogP contribution in [0.25, 0.3) is 0 Å². The lowest BCUT2D eigenvalue weighted by Crippen LogP contribution is -2.24. The summed E-state index contributed by atoms with van der Waals surface area (Å²) in [5, 5.41) is 19.5. The molecule has 6 atom stereocenters. The van der Waals surface area contributed by atoms with E-state index in [1.54, 1.807) is 0 Å². The van der Waals surface area contributed by atoms with Gasteiger partial charge in [-0.3, -0.25) is 0 Å². The van der Waals surface area contributed by atoms with Crippen LogP contribution in [0.2, 0.25) is 0 Å². The Kier molecular flexibility index (Phi) is 1.25. The van der Waals surface area contributed by atoms with Gasteiger partial charge in [-0.25, -0.2) is 0 Å². The van der Waals surface area contributed by atoms with Gasteiger partial charge in [-0.1, -0.05) is 12.2 Å². The standard InChI is InChI=1S/C10H14O2/c11-8-4-3-5-6-1-2-7(9(5)8)10(6)12/h1-2,5-12H,3-4H2. The molecule has 66 valence electrons. The summed E-state index contributed by atoms with van der Waals surface area (Å²) < 4.78 is 0. The molecular weight excluding hydrogens is 152 g/mol. The molecule has 0 aromatic rings. The predicted octanol–water partition coefficient (Wildman–Crippen LogP) is 0.550. The normalized spacial score (nSPS) is 61.2. The Balaban J connectivity index is 1.98. The fourth-order valence-corrected chi connectivity index (χ4v) is 3.52. The third-order valence-corrected chi connectivity index (χ3v) is 4.02. The summed E-state index contributed by atoms with van der Waals surface area (Å²) in [4.78, 5) is 0. The van der Waals surface area contributed by atoms with Crippen LogP contribution in [0, 0.1) is 23.7 Å². The first-order valence-electron chi connectivity index (χ1n) is 4.83. The molecule has 0 radical (unpaired) electrons. The molecule has 0 saturated heterocycles. The Labute approximate surface area is 71.9 Å². The van der Waals surface area contributed by atoms with Gasteiger partial charge in [-0.05, 0) is 24.7 Å². The third kappa shape index (κ3) is 0.639. The summed E-state index contributed by atoms with van der Waals surface area (Å²) in [6, 6.07) is 0. The minimum absolute atomic E-state index is 0.149. The molecular formula is C10H14O2. The fraction of sp³-hybridized carbons (Fsp3) is 0.800. The van der Waals surface area contributed by atoms with Crippen molar-refractivity contribution in [3.05, 3.63) is 12.2 Å². The van der Waals surface area contributed by atoms with Gasteiger partial charge in [-0.15, -0.1) is 0 Å². The van der Waals surface area contributed by atoms with E-state index in [1.165, 1.54) is 0 Å². The summed E-state index contributed by atoms with van der Waals surface area (Å²) in [6.45, 7) is 0. The highest BCUT2D eigenvalue weighted by molar-refractivity contribution is 5.20. The lowest BCUT2D eigenvalue weighted by molar-refractivity contribution is 0.0783. The van der Waals surface area contributed by atoms with Crippen molar-refractivity contribution in [3.8, 4) is 0 Å². The average molecular weight is 166 g/mol. The van der Waals surface area contributed by atoms with Crippen molar-refractivity contribution in [2.75, 3.05) is 0 Å². The van der Waals surface area contributed by atoms with Crippen LogP contribution in [0.5, 0.6) is 0 Å². The van der Waals surface area contributed by atoms with Crippen LogP contribution in [-0.4, -0.2) is 22.4 Å². The highest BCUT2D eigenvalue weighted by Gasteiger charge is 2.55. The molecule has 3 aliphatic rings. The second kappa shape index (κ2) is 2.12. The lowest BCUT2D eigenvalue weighted by Gasteiger charge is -2.21. The zero-order valence-corrected chi connectivity index (χ0v) is 6.93. The van der Waals surface area contributed by atoms with Crippen molar-refractivity contribution >= 4 is 0 Å². The quantitative estimate of drug-likeness (QED) is 0.516. The fourth-order valence-electron chi connectivity index (χ4n) is 3.52. The molecule has 3 rings (SSSR count). The zero-order valence-electron chi connectivity index (χ0n) is 6.93. The molecule has 0 amide bonds. The highest BCUT2D eigenvalue weighted by Crippen LogP contribution is 2.55. The van der Waals surface area contributed by atoms with Crippen LogP contribution in [-0.2, 0) is 0 Å². The Morgan fingerprint density at radius 2 is 1.75 bits per heavy atom. The van der Waals surface area contributed by atoms with Gasteiger partial charge in [0.1, 0.15) is 0 Å². The van der Waals surface area contributed by atoms with Crippen molar-refractivity contribution in [2.24, 2.45) is 23.7 Å². The molecule has 2 N–H and O–H groups in total. The topological polar surface area (TPSA) is 40.5 Å². The van der Waals surface area contributed by atoms with Gasteiger partial charge in [0.05, 0.1) is 12.2 Å². The van der Waals surface area contributed by atoms with E-state index in [0.29, 0.717) is 17.8 Å². The number of hydrogen-bond acceptors (Lipinski definition) is 2. The van der Waals surface area contributed by atoms with E-state index in [0.717, 1.165) is 12.8 Å². The second-order valence-electron chi connectivity index (χ2n) is 4.42. The maximum absolute atomic E-state index is 9.78. The molecule has 12 heavy (non-hydrogen) atoms. The molecule has 6 unspecified atom stereocenters. The number of aliphatic hydroxyl groups is 2. The molecule has 0 aliphatic heterocycles. The van der Waals surface area contributed by atoms with E-state index in [9.17, 15) is 10.2 Å². The molecule has 0 spiro atoms. The zero-order chi connectivity index (χ0) is 8.29. The summed E-state index contributed by atoms with van der Waals surface area (Å²) >= 11 is 0. The molecule has 2 nitrogen and oxygen atoms in total. The minimum atomic E-state index is -0.185. The SMILES string of the molecule is OC1CCC2C3C=CC(C3O)C12. The third-order valence-electron chi connectivity index (χ3n) is 4.02. The molecule has 0 aromatic heterocycles.